The molecular formula is C14H17N3O. The van der Waals surface area contributed by atoms with E-state index in [0.717, 1.165) is 42.5 Å². The lowest BCUT2D eigenvalue weighted by molar-refractivity contribution is 0.470. The van der Waals surface area contributed by atoms with Gasteiger partial charge in [0.2, 0.25) is 0 Å². The van der Waals surface area contributed by atoms with Gasteiger partial charge in [-0.25, -0.2) is 4.98 Å². The van der Waals surface area contributed by atoms with E-state index in [1.54, 1.807) is 10.9 Å². The van der Waals surface area contributed by atoms with Crippen LogP contribution in [0.2, 0.25) is 0 Å². The Morgan fingerprint density at radius 1 is 1.50 bits per heavy atom. The second kappa shape index (κ2) is 4.53. The highest BCUT2D eigenvalue weighted by molar-refractivity contribution is 5.80. The molecule has 0 saturated carbocycles. The Bertz CT molecular complexity index is 626. The molecule has 1 aliphatic rings. The molecule has 1 atom stereocenters. The number of rotatable bonds is 2. The SMILES string of the molecule is Cc1cccc2ncn(CC3CCNC3)c(=O)c12. The second-order valence-corrected chi connectivity index (χ2v) is 5.03. The maximum absolute atomic E-state index is 12.4. The summed E-state index contributed by atoms with van der Waals surface area (Å²) in [5.41, 5.74) is 1.88. The Balaban J connectivity index is 2.05. The van der Waals surface area contributed by atoms with Gasteiger partial charge >= 0.3 is 0 Å². The fourth-order valence-corrected chi connectivity index (χ4v) is 2.64. The minimum Gasteiger partial charge on any atom is -0.316 e. The van der Waals surface area contributed by atoms with Crippen LogP contribution in [-0.4, -0.2) is 22.6 Å². The summed E-state index contributed by atoms with van der Waals surface area (Å²) in [4.78, 5) is 16.8. The van der Waals surface area contributed by atoms with Gasteiger partial charge in [-0.3, -0.25) is 9.36 Å². The number of benzene rings is 1. The van der Waals surface area contributed by atoms with Crippen molar-refractivity contribution in [2.75, 3.05) is 13.1 Å². The molecule has 1 aliphatic heterocycles. The summed E-state index contributed by atoms with van der Waals surface area (Å²) >= 11 is 0. The van der Waals surface area contributed by atoms with E-state index in [1.807, 2.05) is 25.1 Å². The van der Waals surface area contributed by atoms with Gasteiger partial charge in [-0.15, -0.1) is 0 Å². The number of hydrogen-bond donors (Lipinski definition) is 1. The second-order valence-electron chi connectivity index (χ2n) is 5.03. The first-order chi connectivity index (χ1) is 8.75. The molecule has 1 unspecified atom stereocenters. The molecule has 0 bridgehead atoms. The van der Waals surface area contributed by atoms with Crippen LogP contribution in [0.5, 0.6) is 0 Å². The van der Waals surface area contributed by atoms with Crippen LogP contribution in [0.25, 0.3) is 10.9 Å². The average Bonchev–Trinajstić information content (AvgIpc) is 2.86. The Morgan fingerprint density at radius 3 is 3.17 bits per heavy atom. The highest BCUT2D eigenvalue weighted by Gasteiger charge is 2.16. The summed E-state index contributed by atoms with van der Waals surface area (Å²) in [6.45, 7) is 4.79. The molecule has 2 aromatic rings. The first-order valence-corrected chi connectivity index (χ1v) is 6.41. The molecule has 0 amide bonds. The monoisotopic (exact) mass is 243 g/mol. The van der Waals surface area contributed by atoms with E-state index < -0.39 is 0 Å². The predicted molar refractivity (Wildman–Crippen MR) is 71.7 cm³/mol. The lowest BCUT2D eigenvalue weighted by Crippen LogP contribution is -2.25. The summed E-state index contributed by atoms with van der Waals surface area (Å²) in [6.07, 6.45) is 2.82. The van der Waals surface area contributed by atoms with Gasteiger partial charge in [0.1, 0.15) is 0 Å². The van der Waals surface area contributed by atoms with E-state index in [4.69, 9.17) is 0 Å². The van der Waals surface area contributed by atoms with Crippen molar-refractivity contribution in [1.29, 1.82) is 0 Å². The number of hydrogen-bond acceptors (Lipinski definition) is 3. The zero-order valence-corrected chi connectivity index (χ0v) is 10.5. The number of nitrogens with zero attached hydrogens (tertiary/aromatic N) is 2. The fraction of sp³-hybridized carbons (Fsp3) is 0.429. The van der Waals surface area contributed by atoms with E-state index in [9.17, 15) is 4.79 Å². The molecule has 0 aliphatic carbocycles. The molecule has 1 aromatic carbocycles. The summed E-state index contributed by atoms with van der Waals surface area (Å²) in [7, 11) is 0. The van der Waals surface area contributed by atoms with Crippen molar-refractivity contribution in [2.45, 2.75) is 19.9 Å². The molecule has 94 valence electrons. The maximum atomic E-state index is 12.4. The number of nitrogens with one attached hydrogen (secondary N) is 1. The minimum absolute atomic E-state index is 0.0880. The topological polar surface area (TPSA) is 46.9 Å². The molecule has 18 heavy (non-hydrogen) atoms. The largest absolute Gasteiger partial charge is 0.316 e. The first kappa shape index (κ1) is 11.4. The molecular weight excluding hydrogens is 226 g/mol. The van der Waals surface area contributed by atoms with Crippen LogP contribution in [0.1, 0.15) is 12.0 Å². The third-order valence-electron chi connectivity index (χ3n) is 3.68. The van der Waals surface area contributed by atoms with Gasteiger partial charge in [-0.2, -0.15) is 0 Å². The number of aromatic nitrogens is 2. The molecule has 2 heterocycles. The van der Waals surface area contributed by atoms with Crippen molar-refractivity contribution >= 4 is 10.9 Å². The Labute approximate surface area is 106 Å². The summed E-state index contributed by atoms with van der Waals surface area (Å²) < 4.78 is 1.76. The molecule has 1 fully saturated rings. The van der Waals surface area contributed by atoms with Crippen LogP contribution < -0.4 is 10.9 Å². The summed E-state index contributed by atoms with van der Waals surface area (Å²) in [6, 6.07) is 5.80. The summed E-state index contributed by atoms with van der Waals surface area (Å²) in [5, 5.41) is 4.08. The smallest absolute Gasteiger partial charge is 0.261 e. The molecule has 1 N–H and O–H groups in total. The van der Waals surface area contributed by atoms with Crippen LogP contribution in [0, 0.1) is 12.8 Å². The standard InChI is InChI=1S/C14H17N3O/c1-10-3-2-4-12-13(10)14(18)17(9-16-12)8-11-5-6-15-7-11/h2-4,9,11,15H,5-8H2,1H3. The van der Waals surface area contributed by atoms with Gasteiger partial charge in [0, 0.05) is 6.54 Å². The van der Waals surface area contributed by atoms with Crippen molar-refractivity contribution in [1.82, 2.24) is 14.9 Å². The first-order valence-electron chi connectivity index (χ1n) is 6.41. The van der Waals surface area contributed by atoms with Crippen molar-refractivity contribution < 1.29 is 0 Å². The van der Waals surface area contributed by atoms with Crippen LogP contribution in [0.3, 0.4) is 0 Å². The minimum atomic E-state index is 0.0880. The molecule has 0 spiro atoms. The van der Waals surface area contributed by atoms with E-state index in [-0.39, 0.29) is 5.56 Å². The summed E-state index contributed by atoms with van der Waals surface area (Å²) in [5.74, 6) is 0.547. The van der Waals surface area contributed by atoms with Crippen molar-refractivity contribution in [3.63, 3.8) is 0 Å². The van der Waals surface area contributed by atoms with Gasteiger partial charge in [0.05, 0.1) is 17.2 Å². The molecule has 4 heteroatoms. The fourth-order valence-electron chi connectivity index (χ4n) is 2.64. The van der Waals surface area contributed by atoms with Crippen molar-refractivity contribution in [3.8, 4) is 0 Å². The third kappa shape index (κ3) is 1.93. The predicted octanol–water partition coefficient (Wildman–Crippen LogP) is 1.31. The third-order valence-corrected chi connectivity index (χ3v) is 3.68. The van der Waals surface area contributed by atoms with Crippen LogP contribution in [0.4, 0.5) is 0 Å². The van der Waals surface area contributed by atoms with Crippen LogP contribution in [-0.2, 0) is 6.54 Å². The highest BCUT2D eigenvalue weighted by Crippen LogP contribution is 2.13. The zero-order chi connectivity index (χ0) is 12.5. The zero-order valence-electron chi connectivity index (χ0n) is 10.5. The van der Waals surface area contributed by atoms with Crippen LogP contribution >= 0.6 is 0 Å². The van der Waals surface area contributed by atoms with Gasteiger partial charge in [0.25, 0.3) is 5.56 Å². The Morgan fingerprint density at radius 2 is 2.39 bits per heavy atom. The normalized spacial score (nSPS) is 19.5. The van der Waals surface area contributed by atoms with E-state index in [0.29, 0.717) is 5.92 Å². The van der Waals surface area contributed by atoms with E-state index in [2.05, 4.69) is 10.3 Å². The molecule has 1 saturated heterocycles. The average molecular weight is 243 g/mol. The van der Waals surface area contributed by atoms with Crippen molar-refractivity contribution in [3.05, 3.63) is 40.4 Å². The molecule has 3 rings (SSSR count). The molecule has 1 aromatic heterocycles. The highest BCUT2D eigenvalue weighted by atomic mass is 16.1. The van der Waals surface area contributed by atoms with E-state index >= 15 is 0 Å². The lowest BCUT2D eigenvalue weighted by atomic mass is 10.1. The Kier molecular flexibility index (Phi) is 2.88. The van der Waals surface area contributed by atoms with Gasteiger partial charge < -0.3 is 5.32 Å². The van der Waals surface area contributed by atoms with Gasteiger partial charge in [0.15, 0.2) is 0 Å². The van der Waals surface area contributed by atoms with Gasteiger partial charge in [-0.05, 0) is 44.0 Å². The van der Waals surface area contributed by atoms with Gasteiger partial charge in [-0.1, -0.05) is 12.1 Å². The number of aryl methyl sites for hydroxylation is 1. The molecule has 4 nitrogen and oxygen atoms in total. The molecule has 0 radical (unpaired) electrons. The lowest BCUT2D eigenvalue weighted by Gasteiger charge is -2.11. The van der Waals surface area contributed by atoms with E-state index in [1.165, 1.54) is 0 Å². The maximum Gasteiger partial charge on any atom is 0.261 e. The quantitative estimate of drug-likeness (QED) is 0.865. The Hall–Kier alpha value is -1.68. The number of fused-ring (bicyclic) bond motifs is 1. The van der Waals surface area contributed by atoms with Crippen LogP contribution in [0.15, 0.2) is 29.3 Å². The van der Waals surface area contributed by atoms with Crippen molar-refractivity contribution in [2.24, 2.45) is 5.92 Å².